The van der Waals surface area contributed by atoms with E-state index in [1.807, 2.05) is 17.0 Å². The maximum Gasteiger partial charge on any atom is 0.214 e. The number of nitrogens with two attached hydrogens (primary N) is 2. The number of hydrogen-bond donors (Lipinski definition) is 2. The molecule has 10 heteroatoms. The van der Waals surface area contributed by atoms with Gasteiger partial charge in [0.15, 0.2) is 0 Å². The molecule has 2 aliphatic rings. The van der Waals surface area contributed by atoms with E-state index < -0.39 is 15.3 Å². The average Bonchev–Trinajstić information content (AvgIpc) is 3.59. The number of nitrogens with zero attached hydrogens (tertiary/aromatic N) is 4. The van der Waals surface area contributed by atoms with Crippen molar-refractivity contribution in [2.75, 3.05) is 11.4 Å². The standard InChI is InChI=1S/C23H36N6O3S/c24-17-28-23(25)29(19-11-13-27-14-12-19)15-7-2-1-6-10-20(18-8-4-3-5-9-18)32-21-16-22(21)33(26,30)31/h11-14,18,20-22H,1-10,15-16H2,(H2,25,28)(H2,26,30,31). The maximum absolute atomic E-state index is 11.6. The van der Waals surface area contributed by atoms with Gasteiger partial charge < -0.3 is 15.4 Å². The fraction of sp³-hybridized carbons (Fsp3) is 0.696. The molecule has 2 aliphatic carbocycles. The Morgan fingerprint density at radius 1 is 1.21 bits per heavy atom. The molecule has 4 N–H and O–H groups in total. The zero-order valence-corrected chi connectivity index (χ0v) is 20.0. The van der Waals surface area contributed by atoms with Gasteiger partial charge in [0.05, 0.1) is 12.2 Å². The Labute approximate surface area is 197 Å². The number of sulfonamides is 1. The monoisotopic (exact) mass is 476 g/mol. The van der Waals surface area contributed by atoms with E-state index in [-0.39, 0.29) is 18.2 Å². The normalized spacial score (nSPS) is 22.5. The number of anilines is 1. The first-order chi connectivity index (χ1) is 15.9. The van der Waals surface area contributed by atoms with Crippen LogP contribution in [0.3, 0.4) is 0 Å². The lowest BCUT2D eigenvalue weighted by Crippen LogP contribution is -2.38. The van der Waals surface area contributed by atoms with Crippen molar-refractivity contribution in [1.29, 1.82) is 5.26 Å². The number of aliphatic imine (C=N–C) groups is 1. The van der Waals surface area contributed by atoms with Crippen LogP contribution < -0.4 is 15.8 Å². The number of ether oxygens (including phenoxy) is 1. The van der Waals surface area contributed by atoms with Crippen molar-refractivity contribution in [3.63, 3.8) is 0 Å². The van der Waals surface area contributed by atoms with Crippen molar-refractivity contribution >= 4 is 21.7 Å². The lowest BCUT2D eigenvalue weighted by atomic mass is 9.83. The Hall–Kier alpha value is -2.22. The number of rotatable bonds is 12. The second kappa shape index (κ2) is 12.3. The molecule has 1 heterocycles. The highest BCUT2D eigenvalue weighted by atomic mass is 32.2. The van der Waals surface area contributed by atoms with Crippen LogP contribution in [0.1, 0.15) is 70.6 Å². The lowest BCUT2D eigenvalue weighted by Gasteiger charge is -2.30. The van der Waals surface area contributed by atoms with Crippen LogP contribution in [-0.2, 0) is 14.8 Å². The zero-order valence-electron chi connectivity index (χ0n) is 19.2. The summed E-state index contributed by atoms with van der Waals surface area (Å²) in [5.41, 5.74) is 6.84. The van der Waals surface area contributed by atoms with Crippen molar-refractivity contribution in [3.05, 3.63) is 24.5 Å². The van der Waals surface area contributed by atoms with E-state index in [0.717, 1.165) is 50.6 Å². The fourth-order valence-electron chi connectivity index (χ4n) is 4.77. The highest BCUT2D eigenvalue weighted by Gasteiger charge is 2.48. The van der Waals surface area contributed by atoms with Gasteiger partial charge in [0.2, 0.25) is 22.2 Å². The van der Waals surface area contributed by atoms with Crippen molar-refractivity contribution in [1.82, 2.24) is 4.98 Å². The first-order valence-corrected chi connectivity index (χ1v) is 13.6. The van der Waals surface area contributed by atoms with Crippen LogP contribution in [0.25, 0.3) is 0 Å². The van der Waals surface area contributed by atoms with Gasteiger partial charge in [-0.15, -0.1) is 4.99 Å². The van der Waals surface area contributed by atoms with Gasteiger partial charge in [0.1, 0.15) is 5.25 Å². The van der Waals surface area contributed by atoms with Crippen molar-refractivity contribution in [2.24, 2.45) is 21.8 Å². The summed E-state index contributed by atoms with van der Waals surface area (Å²) in [6, 6.07) is 3.69. The third-order valence-electron chi connectivity index (χ3n) is 6.66. The predicted molar refractivity (Wildman–Crippen MR) is 129 cm³/mol. The quantitative estimate of drug-likeness (QED) is 0.204. The van der Waals surface area contributed by atoms with Crippen molar-refractivity contribution in [3.8, 4) is 6.19 Å². The fourth-order valence-corrected chi connectivity index (χ4v) is 5.71. The van der Waals surface area contributed by atoms with Gasteiger partial charge in [-0.25, -0.2) is 13.6 Å². The summed E-state index contributed by atoms with van der Waals surface area (Å²) in [6.07, 6.45) is 16.6. The highest BCUT2D eigenvalue weighted by molar-refractivity contribution is 7.90. The van der Waals surface area contributed by atoms with E-state index in [1.165, 1.54) is 19.3 Å². The van der Waals surface area contributed by atoms with Gasteiger partial charge >= 0.3 is 0 Å². The van der Waals surface area contributed by atoms with E-state index in [0.29, 0.717) is 18.9 Å². The molecule has 3 unspecified atom stereocenters. The van der Waals surface area contributed by atoms with E-state index in [4.69, 9.17) is 20.9 Å². The average molecular weight is 477 g/mol. The molecule has 0 spiro atoms. The molecule has 0 bridgehead atoms. The van der Waals surface area contributed by atoms with Crippen LogP contribution in [0.4, 0.5) is 5.69 Å². The number of aromatic nitrogens is 1. The Balaban J connectivity index is 1.44. The topological polar surface area (TPSA) is 148 Å². The number of unbranched alkanes of at least 4 members (excludes halogenated alkanes) is 3. The smallest absolute Gasteiger partial charge is 0.214 e. The second-order valence-electron chi connectivity index (χ2n) is 9.10. The molecule has 1 aromatic rings. The van der Waals surface area contributed by atoms with Gasteiger partial charge in [-0.05, 0) is 50.2 Å². The molecule has 0 aromatic carbocycles. The molecule has 0 aliphatic heterocycles. The van der Waals surface area contributed by atoms with Crippen LogP contribution in [0, 0.1) is 17.4 Å². The minimum Gasteiger partial charge on any atom is -0.373 e. The molecular formula is C23H36N6O3S. The Morgan fingerprint density at radius 2 is 1.91 bits per heavy atom. The minimum absolute atomic E-state index is 0.119. The first kappa shape index (κ1) is 25.4. The summed E-state index contributed by atoms with van der Waals surface area (Å²) in [6.45, 7) is 0.668. The van der Waals surface area contributed by atoms with Crippen LogP contribution in [0.5, 0.6) is 0 Å². The molecule has 0 radical (unpaired) electrons. The lowest BCUT2D eigenvalue weighted by molar-refractivity contribution is -0.0164. The number of nitriles is 1. The molecule has 9 nitrogen and oxygen atoms in total. The van der Waals surface area contributed by atoms with Crippen molar-refractivity contribution < 1.29 is 13.2 Å². The summed E-state index contributed by atoms with van der Waals surface area (Å²) in [5.74, 6) is 0.702. The molecule has 3 rings (SSSR count). The Bertz CT molecular complexity index is 912. The summed E-state index contributed by atoms with van der Waals surface area (Å²) < 4.78 is 29.5. The molecule has 0 amide bonds. The molecule has 0 saturated heterocycles. The van der Waals surface area contributed by atoms with E-state index in [1.54, 1.807) is 18.6 Å². The summed E-state index contributed by atoms with van der Waals surface area (Å²) in [7, 11) is -3.50. The molecule has 182 valence electrons. The van der Waals surface area contributed by atoms with Gasteiger partial charge in [0, 0.05) is 24.6 Å². The number of guanidine groups is 1. The van der Waals surface area contributed by atoms with Crippen LogP contribution in [0.2, 0.25) is 0 Å². The van der Waals surface area contributed by atoms with Crippen LogP contribution in [0.15, 0.2) is 29.5 Å². The largest absolute Gasteiger partial charge is 0.373 e. The number of pyridine rings is 1. The van der Waals surface area contributed by atoms with Crippen LogP contribution in [-0.4, -0.2) is 43.4 Å². The van der Waals surface area contributed by atoms with E-state index >= 15 is 0 Å². The Morgan fingerprint density at radius 3 is 2.55 bits per heavy atom. The minimum atomic E-state index is -3.50. The molecule has 2 saturated carbocycles. The molecule has 2 fully saturated rings. The summed E-state index contributed by atoms with van der Waals surface area (Å²) >= 11 is 0. The molecule has 1 aromatic heterocycles. The van der Waals surface area contributed by atoms with Crippen LogP contribution >= 0.6 is 0 Å². The van der Waals surface area contributed by atoms with E-state index in [2.05, 4.69) is 9.98 Å². The summed E-state index contributed by atoms with van der Waals surface area (Å²) in [5, 5.41) is 13.6. The zero-order chi connectivity index (χ0) is 23.7. The van der Waals surface area contributed by atoms with Gasteiger partial charge in [-0.2, -0.15) is 5.26 Å². The highest BCUT2D eigenvalue weighted by Crippen LogP contribution is 2.37. The first-order valence-electron chi connectivity index (χ1n) is 12.0. The SMILES string of the molecule is N#CN=C(N)N(CCCCCCC(OC1CC1S(N)(=O)=O)C1CCCCC1)c1ccncc1. The second-order valence-corrected chi connectivity index (χ2v) is 10.9. The van der Waals surface area contributed by atoms with Gasteiger partial charge in [-0.3, -0.25) is 4.98 Å². The van der Waals surface area contributed by atoms with Crippen molar-refractivity contribution in [2.45, 2.75) is 88.1 Å². The molecule has 3 atom stereocenters. The third kappa shape index (κ3) is 7.95. The summed E-state index contributed by atoms with van der Waals surface area (Å²) in [4.78, 5) is 9.55. The number of primary sulfonamides is 1. The maximum atomic E-state index is 11.6. The molecular weight excluding hydrogens is 440 g/mol. The Kier molecular flexibility index (Phi) is 9.47. The molecule has 33 heavy (non-hydrogen) atoms. The third-order valence-corrected chi connectivity index (χ3v) is 8.00. The van der Waals surface area contributed by atoms with Gasteiger partial charge in [-0.1, -0.05) is 38.5 Å². The number of hydrogen-bond acceptors (Lipinski definition) is 6. The predicted octanol–water partition coefficient (Wildman–Crippen LogP) is 3.03. The van der Waals surface area contributed by atoms with Gasteiger partial charge in [0.25, 0.3) is 0 Å². The van der Waals surface area contributed by atoms with E-state index in [9.17, 15) is 8.42 Å².